The van der Waals surface area contributed by atoms with Gasteiger partial charge in [0.25, 0.3) is 0 Å². The molecule has 2 aliphatic rings. The van der Waals surface area contributed by atoms with Crippen LogP contribution in [0.2, 0.25) is 0 Å². The van der Waals surface area contributed by atoms with E-state index in [2.05, 4.69) is 90.1 Å². The fourth-order valence-electron chi connectivity index (χ4n) is 4.50. The summed E-state index contributed by atoms with van der Waals surface area (Å²) in [4.78, 5) is 0. The second kappa shape index (κ2) is 6.13. The van der Waals surface area contributed by atoms with Gasteiger partial charge < -0.3 is 0 Å². The predicted molar refractivity (Wildman–Crippen MR) is 112 cm³/mol. The van der Waals surface area contributed by atoms with Crippen molar-refractivity contribution in [3.05, 3.63) is 105 Å². The molecule has 131 valence electrons. The molecule has 0 N–H and O–H groups in total. The van der Waals surface area contributed by atoms with E-state index < -0.39 is 0 Å². The Balaban J connectivity index is 1.93. The summed E-state index contributed by atoms with van der Waals surface area (Å²) in [7, 11) is 0. The van der Waals surface area contributed by atoms with E-state index in [1.807, 2.05) is 0 Å². The van der Waals surface area contributed by atoms with Gasteiger partial charge in [-0.3, -0.25) is 0 Å². The molecule has 0 fully saturated rings. The Morgan fingerprint density at radius 1 is 0.654 bits per heavy atom. The van der Waals surface area contributed by atoms with Gasteiger partial charge >= 0.3 is 0 Å². The van der Waals surface area contributed by atoms with Gasteiger partial charge in [0.2, 0.25) is 0 Å². The third-order valence-electron chi connectivity index (χ3n) is 6.52. The van der Waals surface area contributed by atoms with Crippen molar-refractivity contribution in [3.8, 4) is 0 Å². The minimum atomic E-state index is 0.354. The molecule has 2 aliphatic carbocycles. The van der Waals surface area contributed by atoms with Gasteiger partial charge in [-0.25, -0.2) is 0 Å². The maximum absolute atomic E-state index is 2.49. The molecule has 1 unspecified atom stereocenters. The SMILES string of the molecule is CC1=C(C)C(C)=C(C)[C]1C1C=C(c2ccccc2)c2cc(C)c(C)cc21. The molecule has 1 radical (unpaired) electrons. The number of rotatable bonds is 2. The minimum Gasteiger partial charge on any atom is -0.0672 e. The number of benzene rings is 2. The van der Waals surface area contributed by atoms with Gasteiger partial charge in [-0.15, -0.1) is 0 Å². The van der Waals surface area contributed by atoms with E-state index in [0.717, 1.165) is 0 Å². The van der Waals surface area contributed by atoms with Crippen LogP contribution in [0.25, 0.3) is 5.57 Å². The van der Waals surface area contributed by atoms with Crippen LogP contribution in [0.3, 0.4) is 0 Å². The van der Waals surface area contributed by atoms with Crippen LogP contribution >= 0.6 is 0 Å². The highest BCUT2D eigenvalue weighted by Crippen LogP contribution is 2.52. The largest absolute Gasteiger partial charge is 0.0672 e. The summed E-state index contributed by atoms with van der Waals surface area (Å²) < 4.78 is 0. The van der Waals surface area contributed by atoms with Crippen LogP contribution in [-0.4, -0.2) is 0 Å². The molecule has 0 bridgehead atoms. The summed E-state index contributed by atoms with van der Waals surface area (Å²) in [5, 5.41) is 0. The van der Waals surface area contributed by atoms with Crippen molar-refractivity contribution in [2.45, 2.75) is 47.5 Å². The second-order valence-electron chi connectivity index (χ2n) is 7.86. The van der Waals surface area contributed by atoms with Crippen LogP contribution in [0.5, 0.6) is 0 Å². The summed E-state index contributed by atoms with van der Waals surface area (Å²) in [5.41, 5.74) is 14.1. The fraction of sp³-hybridized carbons (Fsp3) is 0.269. The van der Waals surface area contributed by atoms with Crippen molar-refractivity contribution in [3.63, 3.8) is 0 Å². The van der Waals surface area contributed by atoms with Crippen LogP contribution in [-0.2, 0) is 0 Å². The quantitative estimate of drug-likeness (QED) is 0.547. The number of hydrogen-bond acceptors (Lipinski definition) is 0. The topological polar surface area (TPSA) is 0 Å². The van der Waals surface area contributed by atoms with E-state index in [1.54, 1.807) is 0 Å². The Morgan fingerprint density at radius 3 is 1.85 bits per heavy atom. The smallest absolute Gasteiger partial charge is 0.0370 e. The van der Waals surface area contributed by atoms with Crippen LogP contribution in [0.15, 0.2) is 70.8 Å². The lowest BCUT2D eigenvalue weighted by Crippen LogP contribution is -2.09. The van der Waals surface area contributed by atoms with E-state index >= 15 is 0 Å². The van der Waals surface area contributed by atoms with Crippen molar-refractivity contribution in [1.29, 1.82) is 0 Å². The molecule has 0 heteroatoms. The van der Waals surface area contributed by atoms with Gasteiger partial charge in [-0.2, -0.15) is 0 Å². The molecule has 4 rings (SSSR count). The molecule has 26 heavy (non-hydrogen) atoms. The average molecular weight is 340 g/mol. The van der Waals surface area contributed by atoms with Crippen LogP contribution in [0.4, 0.5) is 0 Å². The van der Waals surface area contributed by atoms with E-state index in [0.29, 0.717) is 5.92 Å². The maximum Gasteiger partial charge on any atom is 0.0370 e. The van der Waals surface area contributed by atoms with Crippen molar-refractivity contribution < 1.29 is 0 Å². The predicted octanol–water partition coefficient (Wildman–Crippen LogP) is 7.09. The van der Waals surface area contributed by atoms with Gasteiger partial charge in [-0.1, -0.05) is 59.7 Å². The first-order valence-corrected chi connectivity index (χ1v) is 9.51. The summed E-state index contributed by atoms with van der Waals surface area (Å²) >= 11 is 0. The average Bonchev–Trinajstić information content (AvgIpc) is 3.07. The van der Waals surface area contributed by atoms with Crippen molar-refractivity contribution in [2.75, 3.05) is 0 Å². The monoisotopic (exact) mass is 339 g/mol. The molecule has 0 aliphatic heterocycles. The van der Waals surface area contributed by atoms with Crippen molar-refractivity contribution in [2.24, 2.45) is 0 Å². The third-order valence-corrected chi connectivity index (χ3v) is 6.52. The summed E-state index contributed by atoms with van der Waals surface area (Å²) in [5.74, 6) is 1.86. The Bertz CT molecular complexity index is 956. The molecule has 2 aromatic carbocycles. The van der Waals surface area contributed by atoms with Crippen LogP contribution in [0.1, 0.15) is 61.4 Å². The van der Waals surface area contributed by atoms with Gasteiger partial charge in [-0.05, 0) is 86.1 Å². The van der Waals surface area contributed by atoms with Gasteiger partial charge in [0.15, 0.2) is 0 Å². The molecular weight excluding hydrogens is 312 g/mol. The molecule has 0 amide bonds. The van der Waals surface area contributed by atoms with E-state index in [4.69, 9.17) is 0 Å². The first kappa shape index (κ1) is 17.1. The minimum absolute atomic E-state index is 0.354. The fourth-order valence-corrected chi connectivity index (χ4v) is 4.50. The first-order chi connectivity index (χ1) is 12.4. The molecule has 0 saturated carbocycles. The number of allylic oxidation sites excluding steroid dienone is 5. The van der Waals surface area contributed by atoms with Gasteiger partial charge in [0.1, 0.15) is 0 Å². The summed E-state index contributed by atoms with van der Waals surface area (Å²) in [6, 6.07) is 15.6. The van der Waals surface area contributed by atoms with E-state index in [9.17, 15) is 0 Å². The standard InChI is InChI=1S/C26H27/c1-15-12-23-22(21-10-8-7-9-11-21)14-25(24(23)13-16(15)2)26-19(5)17(3)18(4)20(26)6/h7-14,25H,1-6H3. The number of aryl methyl sites for hydroxylation is 2. The number of hydrogen-bond donors (Lipinski definition) is 0. The lowest BCUT2D eigenvalue weighted by Gasteiger charge is -2.23. The number of fused-ring (bicyclic) bond motifs is 1. The summed E-state index contributed by atoms with van der Waals surface area (Å²) in [6.45, 7) is 13.6. The maximum atomic E-state index is 2.49. The van der Waals surface area contributed by atoms with Crippen molar-refractivity contribution in [1.82, 2.24) is 0 Å². The molecule has 0 saturated heterocycles. The lowest BCUT2D eigenvalue weighted by molar-refractivity contribution is 0.896. The third kappa shape index (κ3) is 2.43. The summed E-state index contributed by atoms with van der Waals surface area (Å²) in [6.07, 6.45) is 2.49. The Labute approximate surface area is 158 Å². The van der Waals surface area contributed by atoms with Crippen LogP contribution in [0, 0.1) is 19.8 Å². The second-order valence-corrected chi connectivity index (χ2v) is 7.86. The van der Waals surface area contributed by atoms with Gasteiger partial charge in [0, 0.05) is 11.8 Å². The first-order valence-electron chi connectivity index (χ1n) is 9.51. The highest BCUT2D eigenvalue weighted by molar-refractivity contribution is 5.88. The Hall–Kier alpha value is -2.34. The van der Waals surface area contributed by atoms with E-state index in [-0.39, 0.29) is 0 Å². The normalized spacial score (nSPS) is 20.1. The molecule has 0 spiro atoms. The molecule has 0 heterocycles. The van der Waals surface area contributed by atoms with Crippen molar-refractivity contribution >= 4 is 5.57 Å². The highest BCUT2D eigenvalue weighted by atomic mass is 14.4. The van der Waals surface area contributed by atoms with Gasteiger partial charge in [0.05, 0.1) is 0 Å². The Morgan fingerprint density at radius 2 is 1.23 bits per heavy atom. The molecule has 0 aromatic heterocycles. The Kier molecular flexibility index (Phi) is 4.03. The molecule has 0 nitrogen and oxygen atoms in total. The zero-order chi connectivity index (χ0) is 18.6. The molecule has 1 atom stereocenters. The zero-order valence-electron chi connectivity index (χ0n) is 16.7. The van der Waals surface area contributed by atoms with Crippen LogP contribution < -0.4 is 0 Å². The lowest BCUT2D eigenvalue weighted by atomic mass is 9.80. The van der Waals surface area contributed by atoms with E-state index in [1.165, 1.54) is 61.6 Å². The molecular formula is C26H27. The molecule has 2 aromatic rings. The highest BCUT2D eigenvalue weighted by Gasteiger charge is 2.36. The zero-order valence-corrected chi connectivity index (χ0v) is 16.7.